The largest absolute Gasteiger partial charge is 0.507 e. The fraction of sp³-hybridized carbons (Fsp3) is 0.310. The summed E-state index contributed by atoms with van der Waals surface area (Å²) in [5.41, 5.74) is 1.19. The molecule has 1 amide bonds. The molecule has 10 heteroatoms. The number of aromatic nitrogens is 1. The van der Waals surface area contributed by atoms with Gasteiger partial charge in [-0.05, 0) is 61.7 Å². The van der Waals surface area contributed by atoms with Crippen LogP contribution in [0, 0.1) is 12.8 Å². The van der Waals surface area contributed by atoms with Crippen molar-refractivity contribution in [2.75, 3.05) is 25.2 Å². The van der Waals surface area contributed by atoms with Crippen LogP contribution in [-0.2, 0) is 14.3 Å². The zero-order chi connectivity index (χ0) is 28.3. The standard InChI is InChI=1S/C29H30N2O7S/c1-6-37-20-11-7-18(8-12-20)23-22(24(32)19-9-13-21(14-10-19)38-15-16(2)3)25(33)27(34)31(23)29-30-17(4)26(39-29)28(35)36-5/h7-14,16,23,32H,6,15H2,1-5H3/b24-22+. The normalized spacial score (nSPS) is 16.6. The van der Waals surface area contributed by atoms with Crippen LogP contribution in [0.15, 0.2) is 54.1 Å². The summed E-state index contributed by atoms with van der Waals surface area (Å²) in [5.74, 6) is -1.06. The molecule has 1 aliphatic rings. The van der Waals surface area contributed by atoms with Crippen LogP contribution in [0.1, 0.15) is 53.3 Å². The number of carbonyl (C=O) groups excluding carboxylic acids is 3. The third-order valence-corrected chi connectivity index (χ3v) is 7.16. The molecule has 2 aromatic carbocycles. The molecule has 39 heavy (non-hydrogen) atoms. The number of aliphatic hydroxyl groups is 1. The minimum Gasteiger partial charge on any atom is -0.507 e. The molecule has 2 heterocycles. The van der Waals surface area contributed by atoms with E-state index in [2.05, 4.69) is 4.98 Å². The van der Waals surface area contributed by atoms with Crippen molar-refractivity contribution in [2.45, 2.75) is 33.7 Å². The molecule has 1 N–H and O–H groups in total. The first-order chi connectivity index (χ1) is 18.7. The van der Waals surface area contributed by atoms with E-state index >= 15 is 0 Å². The fourth-order valence-corrected chi connectivity index (χ4v) is 5.16. The van der Waals surface area contributed by atoms with Crippen LogP contribution < -0.4 is 14.4 Å². The highest BCUT2D eigenvalue weighted by Gasteiger charge is 2.48. The van der Waals surface area contributed by atoms with Gasteiger partial charge in [0.25, 0.3) is 5.78 Å². The zero-order valence-electron chi connectivity index (χ0n) is 22.4. The summed E-state index contributed by atoms with van der Waals surface area (Å²) in [6, 6.07) is 12.6. The number of rotatable bonds is 9. The Morgan fingerprint density at radius 3 is 2.26 bits per heavy atom. The Balaban J connectivity index is 1.83. The van der Waals surface area contributed by atoms with Crippen LogP contribution in [-0.4, -0.2) is 48.1 Å². The Hall–Kier alpha value is -4.18. The number of carbonyl (C=O) groups is 3. The lowest BCUT2D eigenvalue weighted by Gasteiger charge is -2.23. The van der Waals surface area contributed by atoms with E-state index in [0.717, 1.165) is 11.3 Å². The lowest BCUT2D eigenvalue weighted by atomic mass is 9.95. The number of amides is 1. The van der Waals surface area contributed by atoms with Gasteiger partial charge in [-0.3, -0.25) is 14.5 Å². The number of hydrogen-bond acceptors (Lipinski definition) is 9. The molecule has 204 valence electrons. The van der Waals surface area contributed by atoms with Gasteiger partial charge in [-0.15, -0.1) is 0 Å². The monoisotopic (exact) mass is 550 g/mol. The smallest absolute Gasteiger partial charge is 0.350 e. The van der Waals surface area contributed by atoms with Crippen LogP contribution >= 0.6 is 11.3 Å². The number of ketones is 1. The number of methoxy groups -OCH3 is 1. The number of benzene rings is 2. The molecule has 0 aliphatic carbocycles. The molecule has 0 saturated carbocycles. The van der Waals surface area contributed by atoms with E-state index in [-0.39, 0.29) is 21.3 Å². The lowest BCUT2D eigenvalue weighted by molar-refractivity contribution is -0.132. The second-order valence-electron chi connectivity index (χ2n) is 9.30. The molecule has 0 spiro atoms. The minimum atomic E-state index is -0.992. The molecule has 1 aromatic heterocycles. The molecule has 0 radical (unpaired) electrons. The van der Waals surface area contributed by atoms with Crippen LogP contribution in [0.3, 0.4) is 0 Å². The molecule has 1 saturated heterocycles. The highest BCUT2D eigenvalue weighted by Crippen LogP contribution is 2.44. The topological polar surface area (TPSA) is 115 Å². The average Bonchev–Trinajstić information content (AvgIpc) is 3.44. The predicted molar refractivity (Wildman–Crippen MR) is 147 cm³/mol. The third-order valence-electron chi connectivity index (χ3n) is 6.02. The summed E-state index contributed by atoms with van der Waals surface area (Å²) in [4.78, 5) is 44.9. The SMILES string of the molecule is CCOc1ccc(C2/C(=C(\O)c3ccc(OCC(C)C)cc3)C(=O)C(=O)N2c2nc(C)c(C(=O)OC)s2)cc1. The summed E-state index contributed by atoms with van der Waals surface area (Å²) in [6.45, 7) is 8.58. The van der Waals surface area contributed by atoms with Crippen LogP contribution in [0.5, 0.6) is 11.5 Å². The highest BCUT2D eigenvalue weighted by molar-refractivity contribution is 7.17. The predicted octanol–water partition coefficient (Wildman–Crippen LogP) is 5.30. The Bertz CT molecular complexity index is 1410. The van der Waals surface area contributed by atoms with E-state index in [9.17, 15) is 19.5 Å². The Labute approximate surface area is 230 Å². The van der Waals surface area contributed by atoms with E-state index in [0.29, 0.717) is 47.5 Å². The maximum atomic E-state index is 13.4. The molecule has 9 nitrogen and oxygen atoms in total. The van der Waals surface area contributed by atoms with Gasteiger partial charge in [0, 0.05) is 5.56 Å². The number of esters is 1. The molecule has 1 atom stereocenters. The van der Waals surface area contributed by atoms with Crippen LogP contribution in [0.4, 0.5) is 5.13 Å². The zero-order valence-corrected chi connectivity index (χ0v) is 23.2. The van der Waals surface area contributed by atoms with E-state index in [1.54, 1.807) is 55.5 Å². The van der Waals surface area contributed by atoms with Gasteiger partial charge >= 0.3 is 11.9 Å². The van der Waals surface area contributed by atoms with Crippen molar-refractivity contribution in [1.82, 2.24) is 4.98 Å². The van der Waals surface area contributed by atoms with Gasteiger partial charge in [-0.25, -0.2) is 9.78 Å². The summed E-state index contributed by atoms with van der Waals surface area (Å²) in [7, 11) is 1.26. The summed E-state index contributed by atoms with van der Waals surface area (Å²) >= 11 is 0.946. The summed E-state index contributed by atoms with van der Waals surface area (Å²) in [5, 5.41) is 11.5. The number of hydrogen-bond donors (Lipinski definition) is 1. The van der Waals surface area contributed by atoms with E-state index in [1.807, 2.05) is 20.8 Å². The van der Waals surface area contributed by atoms with Crippen LogP contribution in [0.25, 0.3) is 5.76 Å². The molecule has 4 rings (SSSR count). The van der Waals surface area contributed by atoms with Crippen molar-refractivity contribution in [3.63, 3.8) is 0 Å². The Morgan fingerprint density at radius 1 is 1.05 bits per heavy atom. The molecule has 1 fully saturated rings. The maximum Gasteiger partial charge on any atom is 0.350 e. The second kappa shape index (κ2) is 11.7. The summed E-state index contributed by atoms with van der Waals surface area (Å²) in [6.07, 6.45) is 0. The minimum absolute atomic E-state index is 0.0903. The first-order valence-electron chi connectivity index (χ1n) is 12.5. The van der Waals surface area contributed by atoms with Crippen molar-refractivity contribution < 1.29 is 33.7 Å². The average molecular weight is 551 g/mol. The van der Waals surface area contributed by atoms with Crippen LogP contribution in [0.2, 0.25) is 0 Å². The van der Waals surface area contributed by atoms with Crippen molar-refractivity contribution in [1.29, 1.82) is 0 Å². The molecular weight excluding hydrogens is 520 g/mol. The first kappa shape index (κ1) is 27.8. The van der Waals surface area contributed by atoms with Gasteiger partial charge in [-0.2, -0.15) is 0 Å². The van der Waals surface area contributed by atoms with E-state index in [1.165, 1.54) is 12.0 Å². The number of aliphatic hydroxyl groups excluding tert-OH is 1. The Morgan fingerprint density at radius 2 is 1.67 bits per heavy atom. The molecule has 3 aromatic rings. The number of nitrogens with zero attached hydrogens (tertiary/aromatic N) is 2. The maximum absolute atomic E-state index is 13.4. The fourth-order valence-electron chi connectivity index (χ4n) is 4.15. The van der Waals surface area contributed by atoms with Gasteiger partial charge < -0.3 is 19.3 Å². The molecular formula is C29H30N2O7S. The molecule has 1 aliphatic heterocycles. The molecule has 1 unspecified atom stereocenters. The van der Waals surface area contributed by atoms with Crippen molar-refractivity contribution in [2.24, 2.45) is 5.92 Å². The highest BCUT2D eigenvalue weighted by atomic mass is 32.1. The quantitative estimate of drug-likeness (QED) is 0.165. The number of ether oxygens (including phenoxy) is 3. The van der Waals surface area contributed by atoms with E-state index < -0.39 is 23.7 Å². The first-order valence-corrected chi connectivity index (χ1v) is 13.3. The van der Waals surface area contributed by atoms with Gasteiger partial charge in [0.15, 0.2) is 5.13 Å². The van der Waals surface area contributed by atoms with Gasteiger partial charge in [0.2, 0.25) is 0 Å². The number of Topliss-reactive ketones (excluding diaryl/α,β-unsaturated/α-hetero) is 1. The lowest BCUT2D eigenvalue weighted by Crippen LogP contribution is -2.29. The number of thiazole rings is 1. The summed E-state index contributed by atoms with van der Waals surface area (Å²) < 4.78 is 16.1. The van der Waals surface area contributed by atoms with Gasteiger partial charge in [0.1, 0.15) is 22.1 Å². The van der Waals surface area contributed by atoms with Gasteiger partial charge in [-0.1, -0.05) is 37.3 Å². The molecule has 0 bridgehead atoms. The van der Waals surface area contributed by atoms with Crippen molar-refractivity contribution in [3.05, 3.63) is 75.8 Å². The second-order valence-corrected chi connectivity index (χ2v) is 10.3. The van der Waals surface area contributed by atoms with Gasteiger partial charge in [0.05, 0.1) is 37.6 Å². The number of aryl methyl sites for hydroxylation is 1. The number of anilines is 1. The third kappa shape index (κ3) is 5.65. The van der Waals surface area contributed by atoms with Crippen molar-refractivity contribution >= 4 is 39.9 Å². The van der Waals surface area contributed by atoms with E-state index in [4.69, 9.17) is 14.2 Å². The Kier molecular flexibility index (Phi) is 8.35. The van der Waals surface area contributed by atoms with Crippen molar-refractivity contribution in [3.8, 4) is 11.5 Å².